The Morgan fingerprint density at radius 2 is 1.62 bits per heavy atom. The second-order valence-electron chi connectivity index (χ2n) is 7.31. The number of nitrogens with zero attached hydrogens (tertiary/aromatic N) is 1. The molecule has 0 fully saturated rings. The summed E-state index contributed by atoms with van der Waals surface area (Å²) in [6, 6.07) is 8.10. The highest BCUT2D eigenvalue weighted by Gasteiger charge is 2.30. The summed E-state index contributed by atoms with van der Waals surface area (Å²) in [4.78, 5) is 41.5. The predicted molar refractivity (Wildman–Crippen MR) is 111 cm³/mol. The number of fused-ring (bicyclic) bond motifs is 3. The maximum atomic E-state index is 13.4. The molecule has 0 aliphatic heterocycles. The van der Waals surface area contributed by atoms with E-state index in [1.165, 1.54) is 19.3 Å². The molecule has 3 aromatic rings. The van der Waals surface area contributed by atoms with Gasteiger partial charge < -0.3 is 15.7 Å². The lowest BCUT2D eigenvalue weighted by Crippen LogP contribution is -2.43. The van der Waals surface area contributed by atoms with Crippen molar-refractivity contribution in [3.8, 4) is 11.1 Å². The number of aliphatic hydroxyl groups is 1. The van der Waals surface area contributed by atoms with Crippen molar-refractivity contribution in [3.05, 3.63) is 83.2 Å². The Balaban J connectivity index is 1.50. The van der Waals surface area contributed by atoms with Gasteiger partial charge in [-0.3, -0.25) is 19.4 Å². The summed E-state index contributed by atoms with van der Waals surface area (Å²) in [7, 11) is 0. The van der Waals surface area contributed by atoms with Crippen molar-refractivity contribution in [1.82, 2.24) is 10.3 Å². The van der Waals surface area contributed by atoms with Crippen LogP contribution in [0.2, 0.25) is 0 Å². The van der Waals surface area contributed by atoms with Gasteiger partial charge >= 0.3 is 0 Å². The second-order valence-corrected chi connectivity index (χ2v) is 7.31. The molecule has 0 radical (unpaired) electrons. The maximum Gasteiger partial charge on any atom is 0.254 e. The molecule has 2 amide bonds. The largest absolute Gasteiger partial charge is 0.378 e. The van der Waals surface area contributed by atoms with Gasteiger partial charge in [0.05, 0.1) is 17.4 Å². The quantitative estimate of drug-likeness (QED) is 0.445. The van der Waals surface area contributed by atoms with E-state index in [1.807, 2.05) is 0 Å². The third kappa shape index (κ3) is 3.85. The number of aliphatic hydroxyl groups excluding tert-OH is 1. The molecule has 0 bridgehead atoms. The van der Waals surface area contributed by atoms with E-state index in [0.717, 1.165) is 12.1 Å². The molecule has 0 saturated heterocycles. The van der Waals surface area contributed by atoms with Crippen LogP contribution in [0.3, 0.4) is 0 Å². The number of carbonyl (C=O) groups is 3. The van der Waals surface area contributed by atoms with Gasteiger partial charge in [0.25, 0.3) is 5.91 Å². The van der Waals surface area contributed by atoms with E-state index in [-0.39, 0.29) is 11.3 Å². The van der Waals surface area contributed by atoms with Crippen LogP contribution in [0.15, 0.2) is 54.9 Å². The van der Waals surface area contributed by atoms with E-state index in [9.17, 15) is 28.3 Å². The van der Waals surface area contributed by atoms with E-state index in [0.29, 0.717) is 34.0 Å². The van der Waals surface area contributed by atoms with Crippen molar-refractivity contribution in [1.29, 1.82) is 0 Å². The number of rotatable bonds is 5. The zero-order valence-corrected chi connectivity index (χ0v) is 16.7. The Hall–Kier alpha value is -3.98. The minimum atomic E-state index is -1.87. The zero-order chi connectivity index (χ0) is 23.0. The van der Waals surface area contributed by atoms with E-state index >= 15 is 0 Å². The molecule has 0 spiro atoms. The Morgan fingerprint density at radius 3 is 2.31 bits per heavy atom. The van der Waals surface area contributed by atoms with Crippen molar-refractivity contribution >= 4 is 23.3 Å². The van der Waals surface area contributed by atoms with E-state index < -0.39 is 35.6 Å². The number of carbonyl (C=O) groups excluding carboxylic acids is 3. The molecule has 162 valence electrons. The van der Waals surface area contributed by atoms with Crippen LogP contribution in [0.1, 0.15) is 34.5 Å². The van der Waals surface area contributed by atoms with Gasteiger partial charge in [0.1, 0.15) is 17.7 Å². The van der Waals surface area contributed by atoms with Crippen molar-refractivity contribution in [2.24, 2.45) is 0 Å². The fourth-order valence-electron chi connectivity index (χ4n) is 3.55. The van der Waals surface area contributed by atoms with Crippen LogP contribution in [0, 0.1) is 11.6 Å². The summed E-state index contributed by atoms with van der Waals surface area (Å²) >= 11 is 0. The summed E-state index contributed by atoms with van der Waals surface area (Å²) in [6.07, 6.45) is 0.945. The van der Waals surface area contributed by atoms with Gasteiger partial charge in [0.15, 0.2) is 11.9 Å². The third-order valence-corrected chi connectivity index (χ3v) is 5.09. The molecular weight excluding hydrogens is 420 g/mol. The fourth-order valence-corrected chi connectivity index (χ4v) is 3.55. The first-order chi connectivity index (χ1) is 15.3. The predicted octanol–water partition coefficient (Wildman–Crippen LogP) is 2.75. The van der Waals surface area contributed by atoms with Crippen molar-refractivity contribution in [2.45, 2.75) is 19.1 Å². The normalized spacial score (nSPS) is 13.7. The Bertz CT molecular complexity index is 1240. The molecule has 1 heterocycles. The molecule has 4 rings (SSSR count). The number of benzene rings is 2. The highest BCUT2D eigenvalue weighted by atomic mass is 19.1. The van der Waals surface area contributed by atoms with Crippen LogP contribution < -0.4 is 10.6 Å². The average Bonchev–Trinajstić information content (AvgIpc) is 3.05. The minimum Gasteiger partial charge on any atom is -0.378 e. The number of amides is 2. The van der Waals surface area contributed by atoms with E-state index in [2.05, 4.69) is 15.6 Å². The van der Waals surface area contributed by atoms with Crippen LogP contribution in [0.5, 0.6) is 0 Å². The molecule has 7 nitrogen and oxygen atoms in total. The number of aromatic nitrogens is 1. The van der Waals surface area contributed by atoms with Gasteiger partial charge in [0.2, 0.25) is 5.91 Å². The van der Waals surface area contributed by atoms with Gasteiger partial charge in [-0.2, -0.15) is 0 Å². The molecular formula is C23H17F2N3O4. The zero-order valence-electron chi connectivity index (χ0n) is 16.7. The highest BCUT2D eigenvalue weighted by molar-refractivity contribution is 6.24. The standard InChI is InChI=1S/C23H17F2N3O4/c1-11(27-23(32)20(29)12-6-13(24)8-14(25)7-12)22(31)28-18-10-26-9-17-19(18)15-4-2-3-5-16(15)21(17)30/h2-11,20,29H,1H3,(H,27,32)(H,28,31)/t11-,20-/m0/s1. The Kier molecular flexibility index (Phi) is 5.50. The summed E-state index contributed by atoms with van der Waals surface area (Å²) < 4.78 is 26.7. The maximum absolute atomic E-state index is 13.4. The summed E-state index contributed by atoms with van der Waals surface area (Å²) in [5.74, 6) is -3.74. The Labute approximate surface area is 181 Å². The molecule has 9 heteroatoms. The molecule has 0 saturated carbocycles. The molecule has 3 N–H and O–H groups in total. The second kappa shape index (κ2) is 8.27. The topological polar surface area (TPSA) is 108 Å². The first-order valence-corrected chi connectivity index (χ1v) is 9.63. The number of ketones is 1. The lowest BCUT2D eigenvalue weighted by atomic mass is 10.1. The SMILES string of the molecule is C[C@H](NC(=O)[C@@H](O)c1cc(F)cc(F)c1)C(=O)Nc1cncc2c1-c1ccccc1C2=O. The highest BCUT2D eigenvalue weighted by Crippen LogP contribution is 2.40. The molecule has 1 aromatic heterocycles. The first-order valence-electron chi connectivity index (χ1n) is 9.63. The lowest BCUT2D eigenvalue weighted by Gasteiger charge is -2.18. The molecule has 0 unspecified atom stereocenters. The van der Waals surface area contributed by atoms with Crippen LogP contribution in [0.4, 0.5) is 14.5 Å². The fraction of sp³-hybridized carbons (Fsp3) is 0.130. The average molecular weight is 437 g/mol. The van der Waals surface area contributed by atoms with Crippen LogP contribution in [-0.4, -0.2) is 33.7 Å². The molecule has 2 aromatic carbocycles. The molecule has 1 aliphatic rings. The summed E-state index contributed by atoms with van der Waals surface area (Å²) in [6.45, 7) is 1.38. The number of hydrogen-bond acceptors (Lipinski definition) is 5. The minimum absolute atomic E-state index is 0.203. The van der Waals surface area contributed by atoms with Gasteiger partial charge in [-0.15, -0.1) is 0 Å². The first kappa shape index (κ1) is 21.3. The van der Waals surface area contributed by atoms with Gasteiger partial charge in [-0.25, -0.2) is 8.78 Å². The number of anilines is 1. The van der Waals surface area contributed by atoms with E-state index in [1.54, 1.807) is 24.3 Å². The lowest BCUT2D eigenvalue weighted by molar-refractivity contribution is -0.132. The van der Waals surface area contributed by atoms with Gasteiger partial charge in [0, 0.05) is 23.4 Å². The Morgan fingerprint density at radius 1 is 0.969 bits per heavy atom. The molecule has 2 atom stereocenters. The smallest absolute Gasteiger partial charge is 0.254 e. The third-order valence-electron chi connectivity index (χ3n) is 5.09. The number of halogens is 2. The number of nitrogens with one attached hydrogen (secondary N) is 2. The van der Waals surface area contributed by atoms with Crippen LogP contribution in [0.25, 0.3) is 11.1 Å². The van der Waals surface area contributed by atoms with E-state index in [4.69, 9.17) is 0 Å². The van der Waals surface area contributed by atoms with Crippen molar-refractivity contribution in [2.75, 3.05) is 5.32 Å². The summed E-state index contributed by atoms with van der Waals surface area (Å²) in [5, 5.41) is 15.0. The van der Waals surface area contributed by atoms with Crippen molar-refractivity contribution in [3.63, 3.8) is 0 Å². The molecule has 32 heavy (non-hydrogen) atoms. The van der Waals surface area contributed by atoms with Gasteiger partial charge in [-0.05, 0) is 30.2 Å². The van der Waals surface area contributed by atoms with Gasteiger partial charge in [-0.1, -0.05) is 24.3 Å². The van der Waals surface area contributed by atoms with Crippen LogP contribution >= 0.6 is 0 Å². The van der Waals surface area contributed by atoms with Crippen molar-refractivity contribution < 1.29 is 28.3 Å². The molecule has 1 aliphatic carbocycles. The summed E-state index contributed by atoms with van der Waals surface area (Å²) in [5.41, 5.74) is 2.04. The monoisotopic (exact) mass is 437 g/mol. The number of hydrogen-bond donors (Lipinski definition) is 3. The van der Waals surface area contributed by atoms with Crippen LogP contribution in [-0.2, 0) is 9.59 Å². The number of pyridine rings is 1.